The van der Waals surface area contributed by atoms with Crippen molar-refractivity contribution in [3.8, 4) is 5.75 Å². The molecular weight excluding hydrogens is 288 g/mol. The number of nitrogens with one attached hydrogen (secondary N) is 1. The Bertz CT molecular complexity index is 649. The zero-order chi connectivity index (χ0) is 16.8. The van der Waals surface area contributed by atoms with Crippen LogP contribution in [-0.4, -0.2) is 26.6 Å². The summed E-state index contributed by atoms with van der Waals surface area (Å²) in [6.45, 7) is 4.25. The van der Waals surface area contributed by atoms with Crippen LogP contribution >= 0.6 is 0 Å². The van der Waals surface area contributed by atoms with Gasteiger partial charge in [-0.1, -0.05) is 26.0 Å². The largest absolute Gasteiger partial charge is 0.484 e. The average Bonchev–Trinajstić information content (AvgIpc) is 2.53. The summed E-state index contributed by atoms with van der Waals surface area (Å²) >= 11 is 0. The first-order chi connectivity index (χ1) is 11.0. The molecule has 0 aliphatic heterocycles. The maximum Gasteiger partial charge on any atom is 0.262 e. The van der Waals surface area contributed by atoms with E-state index >= 15 is 0 Å². The smallest absolute Gasteiger partial charge is 0.262 e. The molecular formula is C19H24N2O2. The van der Waals surface area contributed by atoms with Gasteiger partial charge in [-0.15, -0.1) is 0 Å². The lowest BCUT2D eigenvalue weighted by Gasteiger charge is -2.13. The van der Waals surface area contributed by atoms with Crippen LogP contribution < -0.4 is 15.0 Å². The molecule has 0 spiro atoms. The fraction of sp³-hybridized carbons (Fsp3) is 0.316. The van der Waals surface area contributed by atoms with Crippen molar-refractivity contribution in [3.05, 3.63) is 54.1 Å². The van der Waals surface area contributed by atoms with Gasteiger partial charge in [-0.3, -0.25) is 4.79 Å². The average molecular weight is 312 g/mol. The van der Waals surface area contributed by atoms with Crippen LogP contribution in [0.25, 0.3) is 0 Å². The molecule has 2 aromatic rings. The number of anilines is 2. The number of hydrogen-bond acceptors (Lipinski definition) is 3. The molecule has 0 fully saturated rings. The molecule has 0 aliphatic rings. The second-order valence-corrected chi connectivity index (χ2v) is 6.01. The summed E-state index contributed by atoms with van der Waals surface area (Å²) in [6, 6.07) is 15.5. The van der Waals surface area contributed by atoms with Gasteiger partial charge in [0.05, 0.1) is 0 Å². The van der Waals surface area contributed by atoms with Gasteiger partial charge >= 0.3 is 0 Å². The van der Waals surface area contributed by atoms with Gasteiger partial charge in [0, 0.05) is 25.5 Å². The van der Waals surface area contributed by atoms with Crippen molar-refractivity contribution in [2.45, 2.75) is 19.8 Å². The minimum Gasteiger partial charge on any atom is -0.484 e. The molecule has 1 amide bonds. The predicted molar refractivity (Wildman–Crippen MR) is 95.4 cm³/mol. The lowest BCUT2D eigenvalue weighted by atomic mass is 10.0. The molecule has 1 N–H and O–H groups in total. The lowest BCUT2D eigenvalue weighted by molar-refractivity contribution is -0.118. The normalized spacial score (nSPS) is 10.5. The molecule has 0 atom stereocenters. The summed E-state index contributed by atoms with van der Waals surface area (Å²) in [4.78, 5) is 14.0. The number of carbonyl (C=O) groups is 1. The lowest BCUT2D eigenvalue weighted by Crippen LogP contribution is -2.20. The summed E-state index contributed by atoms with van der Waals surface area (Å²) in [7, 11) is 3.96. The summed E-state index contributed by atoms with van der Waals surface area (Å²) in [5.74, 6) is 0.981. The van der Waals surface area contributed by atoms with Gasteiger partial charge in [0.2, 0.25) is 0 Å². The van der Waals surface area contributed by atoms with Gasteiger partial charge in [0.25, 0.3) is 5.91 Å². The molecule has 0 saturated heterocycles. The first-order valence-corrected chi connectivity index (χ1v) is 7.75. The van der Waals surface area contributed by atoms with E-state index in [1.807, 2.05) is 61.5 Å². The third kappa shape index (κ3) is 5.02. The van der Waals surface area contributed by atoms with Crippen molar-refractivity contribution in [2.75, 3.05) is 30.9 Å². The Morgan fingerprint density at radius 3 is 2.43 bits per heavy atom. The molecule has 0 bridgehead atoms. The Balaban J connectivity index is 1.88. The van der Waals surface area contributed by atoms with Crippen molar-refractivity contribution < 1.29 is 9.53 Å². The van der Waals surface area contributed by atoms with Crippen molar-refractivity contribution in [1.82, 2.24) is 0 Å². The van der Waals surface area contributed by atoms with Gasteiger partial charge in [-0.2, -0.15) is 0 Å². The Hall–Kier alpha value is -2.49. The number of rotatable bonds is 6. The van der Waals surface area contributed by atoms with Crippen LogP contribution in [0, 0.1) is 0 Å². The predicted octanol–water partition coefficient (Wildman–Crippen LogP) is 3.89. The van der Waals surface area contributed by atoms with Crippen molar-refractivity contribution in [2.24, 2.45) is 0 Å². The highest BCUT2D eigenvalue weighted by atomic mass is 16.5. The number of carbonyl (C=O) groups excluding carboxylic acids is 1. The molecule has 4 nitrogen and oxygen atoms in total. The van der Waals surface area contributed by atoms with Gasteiger partial charge < -0.3 is 15.0 Å². The zero-order valence-electron chi connectivity index (χ0n) is 14.2. The second-order valence-electron chi connectivity index (χ2n) is 6.01. The maximum atomic E-state index is 12.0. The minimum absolute atomic E-state index is 0.00300. The summed E-state index contributed by atoms with van der Waals surface area (Å²) in [5.41, 5.74) is 3.05. The highest BCUT2D eigenvalue weighted by molar-refractivity contribution is 5.92. The van der Waals surface area contributed by atoms with Crippen molar-refractivity contribution >= 4 is 17.3 Å². The van der Waals surface area contributed by atoms with Crippen LogP contribution in [0.15, 0.2) is 48.5 Å². The molecule has 0 heterocycles. The van der Waals surface area contributed by atoms with Gasteiger partial charge in [-0.05, 0) is 47.9 Å². The fourth-order valence-electron chi connectivity index (χ4n) is 2.15. The van der Waals surface area contributed by atoms with Crippen LogP contribution in [0.3, 0.4) is 0 Å². The Kier molecular flexibility index (Phi) is 5.63. The topological polar surface area (TPSA) is 41.6 Å². The molecule has 0 radical (unpaired) electrons. The minimum atomic E-state index is -0.169. The summed E-state index contributed by atoms with van der Waals surface area (Å²) < 4.78 is 5.57. The van der Waals surface area contributed by atoms with E-state index in [2.05, 4.69) is 25.2 Å². The van der Waals surface area contributed by atoms with E-state index in [1.165, 1.54) is 5.56 Å². The van der Waals surface area contributed by atoms with Gasteiger partial charge in [0.1, 0.15) is 5.75 Å². The highest BCUT2D eigenvalue weighted by Gasteiger charge is 2.06. The Labute approximate surface area is 138 Å². The van der Waals surface area contributed by atoms with E-state index in [0.717, 1.165) is 11.4 Å². The fourth-order valence-corrected chi connectivity index (χ4v) is 2.15. The molecule has 0 saturated carbocycles. The molecule has 4 heteroatoms. The monoisotopic (exact) mass is 312 g/mol. The van der Waals surface area contributed by atoms with Gasteiger partial charge in [-0.25, -0.2) is 0 Å². The molecule has 23 heavy (non-hydrogen) atoms. The molecule has 0 unspecified atom stereocenters. The Morgan fingerprint density at radius 2 is 1.83 bits per heavy atom. The highest BCUT2D eigenvalue weighted by Crippen LogP contribution is 2.20. The van der Waals surface area contributed by atoms with Gasteiger partial charge in [0.15, 0.2) is 6.61 Å². The molecule has 122 valence electrons. The van der Waals surface area contributed by atoms with E-state index in [9.17, 15) is 4.79 Å². The second kappa shape index (κ2) is 7.68. The van der Waals surface area contributed by atoms with E-state index in [0.29, 0.717) is 11.7 Å². The maximum absolute atomic E-state index is 12.0. The number of hydrogen-bond donors (Lipinski definition) is 1. The third-order valence-corrected chi connectivity index (χ3v) is 3.56. The number of ether oxygens (including phenoxy) is 1. The van der Waals surface area contributed by atoms with Crippen molar-refractivity contribution in [1.29, 1.82) is 0 Å². The van der Waals surface area contributed by atoms with Crippen LogP contribution in [0.4, 0.5) is 11.4 Å². The first-order valence-electron chi connectivity index (χ1n) is 7.75. The van der Waals surface area contributed by atoms with Crippen LogP contribution in [0.2, 0.25) is 0 Å². The summed E-state index contributed by atoms with van der Waals surface area (Å²) in [5, 5.41) is 2.83. The third-order valence-electron chi connectivity index (χ3n) is 3.56. The zero-order valence-corrected chi connectivity index (χ0v) is 14.2. The van der Waals surface area contributed by atoms with Crippen molar-refractivity contribution in [3.63, 3.8) is 0 Å². The molecule has 2 rings (SSSR count). The SMILES string of the molecule is CC(C)c1cccc(OCC(=O)Nc2ccc(N(C)C)cc2)c1. The first kappa shape index (κ1) is 16.9. The van der Waals surface area contributed by atoms with E-state index in [4.69, 9.17) is 4.74 Å². The Morgan fingerprint density at radius 1 is 1.13 bits per heavy atom. The van der Waals surface area contributed by atoms with E-state index in [-0.39, 0.29) is 12.5 Å². The van der Waals surface area contributed by atoms with Crippen LogP contribution in [0.1, 0.15) is 25.3 Å². The number of benzene rings is 2. The molecule has 0 aliphatic carbocycles. The number of nitrogens with zero attached hydrogens (tertiary/aromatic N) is 1. The van der Waals surface area contributed by atoms with Crippen LogP contribution in [0.5, 0.6) is 5.75 Å². The number of amides is 1. The molecule has 0 aromatic heterocycles. The standard InChI is InChI=1S/C19H24N2O2/c1-14(2)15-6-5-7-18(12-15)23-13-19(22)20-16-8-10-17(11-9-16)21(3)4/h5-12,14H,13H2,1-4H3,(H,20,22). The quantitative estimate of drug-likeness (QED) is 0.879. The van der Waals surface area contributed by atoms with Crippen LogP contribution in [-0.2, 0) is 4.79 Å². The van der Waals surface area contributed by atoms with E-state index in [1.54, 1.807) is 0 Å². The molecule has 2 aromatic carbocycles. The van der Waals surface area contributed by atoms with E-state index < -0.39 is 0 Å². The summed E-state index contributed by atoms with van der Waals surface area (Å²) in [6.07, 6.45) is 0.